The maximum Gasteiger partial charge on any atom is 0.242 e. The molecule has 11 nitrogen and oxygen atoms in total. The molecule has 2 aliphatic rings. The minimum absolute atomic E-state index is 0.253. The molecule has 0 spiro atoms. The second-order valence-electron chi connectivity index (χ2n) is 9.64. The predicted molar refractivity (Wildman–Crippen MR) is 141 cm³/mol. The van der Waals surface area contributed by atoms with Crippen LogP contribution < -0.4 is 15.0 Å². The van der Waals surface area contributed by atoms with Crippen LogP contribution in [0.5, 0.6) is 5.88 Å². The van der Waals surface area contributed by atoms with E-state index in [1.807, 2.05) is 30.7 Å². The van der Waals surface area contributed by atoms with Crippen molar-refractivity contribution in [3.8, 4) is 17.3 Å². The highest BCUT2D eigenvalue weighted by molar-refractivity contribution is 5.84. The molecule has 0 aromatic carbocycles. The lowest BCUT2D eigenvalue weighted by Gasteiger charge is -2.43. The van der Waals surface area contributed by atoms with Crippen LogP contribution in [0.4, 0.5) is 17.5 Å². The highest BCUT2D eigenvalue weighted by Gasteiger charge is 2.29. The summed E-state index contributed by atoms with van der Waals surface area (Å²) < 4.78 is 13.0. The van der Waals surface area contributed by atoms with Crippen molar-refractivity contribution in [3.63, 3.8) is 0 Å². The number of piperazine rings is 1. The second-order valence-corrected chi connectivity index (χ2v) is 9.64. The van der Waals surface area contributed by atoms with E-state index in [0.717, 1.165) is 56.1 Å². The highest BCUT2D eigenvalue weighted by atomic mass is 16.5. The number of aromatic nitrogens is 6. The Morgan fingerprint density at radius 3 is 2.51 bits per heavy atom. The minimum atomic E-state index is 0.253. The third kappa shape index (κ3) is 4.67. The standard InChI is InChI=1S/C26H31N9O2/c1-17(2)35-16-29-24-22(35)12-21(30-25(24)36-3)20-6-7-27-26(31-20)32-23-5-4-18(13-28-23)33-8-10-34(11-9-33)19-14-37-15-19/h4-7,12-13,16-17,19H,8-11,14-15H2,1-3H3,(H,27,28,31,32). The first kappa shape index (κ1) is 23.6. The molecule has 6 heterocycles. The van der Waals surface area contributed by atoms with Crippen molar-refractivity contribution in [2.24, 2.45) is 0 Å². The summed E-state index contributed by atoms with van der Waals surface area (Å²) >= 11 is 0. The van der Waals surface area contributed by atoms with Gasteiger partial charge < -0.3 is 24.3 Å². The summed E-state index contributed by atoms with van der Waals surface area (Å²) in [4.78, 5) is 27.7. The molecule has 0 atom stereocenters. The summed E-state index contributed by atoms with van der Waals surface area (Å²) in [6.07, 6.45) is 5.43. The van der Waals surface area contributed by atoms with E-state index in [2.05, 4.69) is 59.5 Å². The molecule has 37 heavy (non-hydrogen) atoms. The molecule has 11 heteroatoms. The normalized spacial score (nSPS) is 16.8. The molecule has 0 bridgehead atoms. The van der Waals surface area contributed by atoms with E-state index in [0.29, 0.717) is 35.1 Å². The van der Waals surface area contributed by atoms with Crippen LogP contribution in [0.2, 0.25) is 0 Å². The van der Waals surface area contributed by atoms with Crippen LogP contribution in [0.15, 0.2) is 43.0 Å². The Hall–Kier alpha value is -3.83. The number of ether oxygens (including phenoxy) is 2. The lowest BCUT2D eigenvalue weighted by molar-refractivity contribution is -0.0660. The molecule has 6 rings (SSSR count). The number of hydrogen-bond acceptors (Lipinski definition) is 10. The summed E-state index contributed by atoms with van der Waals surface area (Å²) in [7, 11) is 1.60. The number of fused-ring (bicyclic) bond motifs is 1. The zero-order valence-electron chi connectivity index (χ0n) is 21.3. The van der Waals surface area contributed by atoms with Gasteiger partial charge in [0.25, 0.3) is 0 Å². The first-order valence-electron chi connectivity index (χ1n) is 12.6. The summed E-state index contributed by atoms with van der Waals surface area (Å²) in [5.41, 5.74) is 4.17. The average Bonchev–Trinajstić information content (AvgIpc) is 3.33. The van der Waals surface area contributed by atoms with E-state index in [-0.39, 0.29) is 6.04 Å². The Bertz CT molecular complexity index is 1380. The molecular formula is C26H31N9O2. The Morgan fingerprint density at radius 1 is 1.00 bits per heavy atom. The summed E-state index contributed by atoms with van der Waals surface area (Å²) in [6.45, 7) is 10.1. The van der Waals surface area contributed by atoms with Gasteiger partial charge in [-0.05, 0) is 38.1 Å². The smallest absolute Gasteiger partial charge is 0.242 e. The number of nitrogens with zero attached hydrogens (tertiary/aromatic N) is 8. The zero-order valence-corrected chi connectivity index (χ0v) is 21.3. The predicted octanol–water partition coefficient (Wildman–Crippen LogP) is 3.14. The van der Waals surface area contributed by atoms with Gasteiger partial charge in [0, 0.05) is 38.4 Å². The van der Waals surface area contributed by atoms with Crippen LogP contribution >= 0.6 is 0 Å². The van der Waals surface area contributed by atoms with Crippen molar-refractivity contribution >= 4 is 28.5 Å². The van der Waals surface area contributed by atoms with Gasteiger partial charge in [-0.3, -0.25) is 4.90 Å². The van der Waals surface area contributed by atoms with E-state index in [9.17, 15) is 0 Å². The molecule has 0 aliphatic carbocycles. The van der Waals surface area contributed by atoms with E-state index >= 15 is 0 Å². The van der Waals surface area contributed by atoms with Crippen molar-refractivity contribution in [3.05, 3.63) is 43.0 Å². The first-order valence-corrected chi connectivity index (χ1v) is 12.6. The lowest BCUT2D eigenvalue weighted by Crippen LogP contribution is -2.56. The Kier molecular flexibility index (Phi) is 6.31. The van der Waals surface area contributed by atoms with Gasteiger partial charge in [0.2, 0.25) is 11.8 Å². The number of hydrogen-bond donors (Lipinski definition) is 1. The van der Waals surface area contributed by atoms with E-state index in [4.69, 9.17) is 14.5 Å². The van der Waals surface area contributed by atoms with Gasteiger partial charge in [0.05, 0.1) is 61.5 Å². The molecular weight excluding hydrogens is 470 g/mol. The lowest BCUT2D eigenvalue weighted by atomic mass is 10.2. The fourth-order valence-electron chi connectivity index (χ4n) is 4.79. The number of imidazole rings is 1. The highest BCUT2D eigenvalue weighted by Crippen LogP contribution is 2.29. The summed E-state index contributed by atoms with van der Waals surface area (Å²) in [6, 6.07) is 8.73. The fraction of sp³-hybridized carbons (Fsp3) is 0.423. The molecule has 0 saturated carbocycles. The number of methoxy groups -OCH3 is 1. The van der Waals surface area contributed by atoms with Crippen LogP contribution in [0.3, 0.4) is 0 Å². The second kappa shape index (κ2) is 9.91. The maximum atomic E-state index is 5.53. The van der Waals surface area contributed by atoms with Crippen molar-refractivity contribution in [2.45, 2.75) is 25.9 Å². The minimum Gasteiger partial charge on any atom is -0.479 e. The number of nitrogens with one attached hydrogen (secondary N) is 1. The van der Waals surface area contributed by atoms with Gasteiger partial charge in [-0.25, -0.2) is 24.9 Å². The molecule has 192 valence electrons. The number of rotatable bonds is 7. The number of anilines is 3. The van der Waals surface area contributed by atoms with Gasteiger partial charge in [0.15, 0.2) is 5.52 Å². The summed E-state index contributed by atoms with van der Waals surface area (Å²) in [5, 5.41) is 3.22. The van der Waals surface area contributed by atoms with Crippen LogP contribution in [0.1, 0.15) is 19.9 Å². The van der Waals surface area contributed by atoms with E-state index in [1.165, 1.54) is 0 Å². The molecule has 0 radical (unpaired) electrons. The molecule has 4 aromatic heterocycles. The molecule has 4 aromatic rings. The molecule has 2 saturated heterocycles. The first-order chi connectivity index (χ1) is 18.1. The van der Waals surface area contributed by atoms with Crippen molar-refractivity contribution < 1.29 is 9.47 Å². The maximum absolute atomic E-state index is 5.53. The van der Waals surface area contributed by atoms with Crippen molar-refractivity contribution in [1.29, 1.82) is 0 Å². The van der Waals surface area contributed by atoms with Crippen LogP contribution in [0, 0.1) is 0 Å². The van der Waals surface area contributed by atoms with Gasteiger partial charge in [-0.2, -0.15) is 0 Å². The SMILES string of the molecule is COc1nc(-c2ccnc(Nc3ccc(N4CCN(C5COC5)CC4)cn3)n2)cc2c1ncn2C(C)C. The topological polar surface area (TPSA) is 106 Å². The molecule has 2 aliphatic heterocycles. The van der Waals surface area contributed by atoms with Crippen LogP contribution in [-0.4, -0.2) is 86.9 Å². The Morgan fingerprint density at radius 2 is 1.84 bits per heavy atom. The van der Waals surface area contributed by atoms with E-state index < -0.39 is 0 Å². The Labute approximate surface area is 215 Å². The van der Waals surface area contributed by atoms with Gasteiger partial charge >= 0.3 is 0 Å². The monoisotopic (exact) mass is 501 g/mol. The van der Waals surface area contributed by atoms with Crippen molar-refractivity contribution in [2.75, 3.05) is 56.7 Å². The summed E-state index contributed by atoms with van der Waals surface area (Å²) in [5.74, 6) is 1.61. The van der Waals surface area contributed by atoms with Gasteiger partial charge in [0.1, 0.15) is 5.82 Å². The van der Waals surface area contributed by atoms with Crippen molar-refractivity contribution in [1.82, 2.24) is 34.4 Å². The third-order valence-electron chi connectivity index (χ3n) is 7.00. The molecule has 1 N–H and O–H groups in total. The van der Waals surface area contributed by atoms with Crippen LogP contribution in [-0.2, 0) is 4.74 Å². The van der Waals surface area contributed by atoms with Gasteiger partial charge in [-0.1, -0.05) is 0 Å². The largest absolute Gasteiger partial charge is 0.479 e. The third-order valence-corrected chi connectivity index (χ3v) is 7.00. The molecule has 0 unspecified atom stereocenters. The fourth-order valence-corrected chi connectivity index (χ4v) is 4.79. The number of pyridine rings is 2. The molecule has 0 amide bonds. The van der Waals surface area contributed by atoms with Crippen LogP contribution in [0.25, 0.3) is 22.4 Å². The van der Waals surface area contributed by atoms with E-state index in [1.54, 1.807) is 13.3 Å². The molecule has 2 fully saturated rings. The Balaban J connectivity index is 1.17. The average molecular weight is 502 g/mol. The quantitative estimate of drug-likeness (QED) is 0.406. The van der Waals surface area contributed by atoms with Gasteiger partial charge in [-0.15, -0.1) is 0 Å². The zero-order chi connectivity index (χ0) is 25.4.